The Morgan fingerprint density at radius 3 is 2.75 bits per heavy atom. The van der Waals surface area contributed by atoms with Gasteiger partial charge in [0, 0.05) is 6.54 Å². The van der Waals surface area contributed by atoms with Gasteiger partial charge < -0.3 is 5.32 Å². The van der Waals surface area contributed by atoms with E-state index in [4.69, 9.17) is 11.6 Å². The number of carbonyl (C=O) groups is 1. The molecular weight excluding hydrogens is 222 g/mol. The van der Waals surface area contributed by atoms with Crippen molar-refractivity contribution in [3.05, 3.63) is 35.9 Å². The number of hydrogen-bond acceptors (Lipinski definition) is 1. The van der Waals surface area contributed by atoms with Gasteiger partial charge in [0.15, 0.2) is 0 Å². The SMILES string of the molecule is O=C(CCl)NCC1CC1Cc1ccccc1. The van der Waals surface area contributed by atoms with Crippen molar-refractivity contribution in [2.45, 2.75) is 12.8 Å². The van der Waals surface area contributed by atoms with E-state index in [0.29, 0.717) is 5.92 Å². The number of alkyl halides is 1. The summed E-state index contributed by atoms with van der Waals surface area (Å²) in [6, 6.07) is 10.5. The molecule has 1 aromatic rings. The fourth-order valence-corrected chi connectivity index (χ4v) is 2.11. The maximum absolute atomic E-state index is 11.0. The number of hydrogen-bond donors (Lipinski definition) is 1. The van der Waals surface area contributed by atoms with Gasteiger partial charge in [0.1, 0.15) is 5.88 Å². The average molecular weight is 238 g/mol. The lowest BCUT2D eigenvalue weighted by atomic mass is 10.1. The van der Waals surface area contributed by atoms with E-state index in [-0.39, 0.29) is 11.8 Å². The minimum atomic E-state index is -0.0629. The second-order valence-corrected chi connectivity index (χ2v) is 4.65. The number of carbonyl (C=O) groups excluding carboxylic acids is 1. The first-order valence-electron chi connectivity index (χ1n) is 5.66. The smallest absolute Gasteiger partial charge is 0.234 e. The Hall–Kier alpha value is -1.02. The van der Waals surface area contributed by atoms with Crippen molar-refractivity contribution < 1.29 is 4.79 Å². The summed E-state index contributed by atoms with van der Waals surface area (Å²) in [5, 5.41) is 2.84. The van der Waals surface area contributed by atoms with E-state index in [1.807, 2.05) is 6.07 Å². The largest absolute Gasteiger partial charge is 0.355 e. The number of benzene rings is 1. The molecule has 1 aliphatic carbocycles. The second-order valence-electron chi connectivity index (χ2n) is 4.38. The van der Waals surface area contributed by atoms with Crippen LogP contribution in [0.5, 0.6) is 0 Å². The first kappa shape index (κ1) is 11.5. The van der Waals surface area contributed by atoms with Crippen molar-refractivity contribution in [1.29, 1.82) is 0 Å². The zero-order valence-electron chi connectivity index (χ0n) is 9.16. The molecule has 2 rings (SSSR count). The van der Waals surface area contributed by atoms with E-state index in [2.05, 4.69) is 29.6 Å². The third-order valence-corrected chi connectivity index (χ3v) is 3.34. The van der Waals surface area contributed by atoms with Gasteiger partial charge >= 0.3 is 0 Å². The number of halogens is 1. The highest BCUT2D eigenvalue weighted by Crippen LogP contribution is 2.40. The van der Waals surface area contributed by atoms with Crippen LogP contribution in [0.25, 0.3) is 0 Å². The van der Waals surface area contributed by atoms with Gasteiger partial charge in [-0.2, -0.15) is 0 Å². The Morgan fingerprint density at radius 2 is 2.06 bits per heavy atom. The summed E-state index contributed by atoms with van der Waals surface area (Å²) in [6.07, 6.45) is 2.35. The lowest BCUT2D eigenvalue weighted by Crippen LogP contribution is -2.26. The minimum Gasteiger partial charge on any atom is -0.355 e. The van der Waals surface area contributed by atoms with Crippen molar-refractivity contribution in [3.8, 4) is 0 Å². The molecule has 0 spiro atoms. The van der Waals surface area contributed by atoms with Crippen molar-refractivity contribution in [3.63, 3.8) is 0 Å². The molecule has 1 amide bonds. The highest BCUT2D eigenvalue weighted by atomic mass is 35.5. The molecule has 0 aromatic heterocycles. The summed E-state index contributed by atoms with van der Waals surface area (Å²) in [5.74, 6) is 1.38. The predicted octanol–water partition coefficient (Wildman–Crippen LogP) is 2.22. The third-order valence-electron chi connectivity index (χ3n) is 3.09. The molecule has 16 heavy (non-hydrogen) atoms. The molecule has 1 N–H and O–H groups in total. The summed E-state index contributed by atoms with van der Waals surface area (Å²) in [5.41, 5.74) is 1.39. The molecule has 1 fully saturated rings. The van der Waals surface area contributed by atoms with E-state index in [9.17, 15) is 4.79 Å². The van der Waals surface area contributed by atoms with Crippen LogP contribution in [0, 0.1) is 11.8 Å². The molecule has 3 heteroatoms. The highest BCUT2D eigenvalue weighted by molar-refractivity contribution is 6.27. The van der Waals surface area contributed by atoms with Gasteiger partial charge in [-0.25, -0.2) is 0 Å². The number of nitrogens with one attached hydrogen (secondary N) is 1. The van der Waals surface area contributed by atoms with E-state index in [0.717, 1.165) is 18.9 Å². The molecule has 2 nitrogen and oxygen atoms in total. The van der Waals surface area contributed by atoms with Gasteiger partial charge in [-0.1, -0.05) is 30.3 Å². The first-order chi connectivity index (χ1) is 7.79. The monoisotopic (exact) mass is 237 g/mol. The molecule has 1 aliphatic rings. The van der Waals surface area contributed by atoms with Crippen LogP contribution in [0.4, 0.5) is 0 Å². The maximum atomic E-state index is 11.0. The fourth-order valence-electron chi connectivity index (χ4n) is 2.02. The highest BCUT2D eigenvalue weighted by Gasteiger charge is 2.36. The van der Waals surface area contributed by atoms with Crippen LogP contribution < -0.4 is 5.32 Å². The molecule has 1 aromatic carbocycles. The lowest BCUT2D eigenvalue weighted by molar-refractivity contribution is -0.118. The summed E-state index contributed by atoms with van der Waals surface area (Å²) in [4.78, 5) is 11.0. The van der Waals surface area contributed by atoms with Gasteiger partial charge in [-0.15, -0.1) is 11.6 Å². The fraction of sp³-hybridized carbons (Fsp3) is 0.462. The second kappa shape index (κ2) is 5.35. The van der Waals surface area contributed by atoms with Crippen molar-refractivity contribution in [1.82, 2.24) is 5.32 Å². The van der Waals surface area contributed by atoms with Crippen LogP contribution in [0.2, 0.25) is 0 Å². The molecule has 0 bridgehead atoms. The number of amides is 1. The minimum absolute atomic E-state index is 0.0629. The van der Waals surface area contributed by atoms with E-state index >= 15 is 0 Å². The molecule has 0 aliphatic heterocycles. The molecule has 86 valence electrons. The Morgan fingerprint density at radius 1 is 1.31 bits per heavy atom. The van der Waals surface area contributed by atoms with Crippen LogP contribution in [0.3, 0.4) is 0 Å². The maximum Gasteiger partial charge on any atom is 0.234 e. The Kier molecular flexibility index (Phi) is 3.83. The summed E-state index contributed by atoms with van der Waals surface area (Å²) < 4.78 is 0. The summed E-state index contributed by atoms with van der Waals surface area (Å²) in [7, 11) is 0. The quantitative estimate of drug-likeness (QED) is 0.782. The average Bonchev–Trinajstić information content (AvgIpc) is 3.06. The van der Waals surface area contributed by atoms with Gasteiger partial charge in [-0.05, 0) is 30.2 Å². The normalized spacial score (nSPS) is 22.8. The zero-order valence-corrected chi connectivity index (χ0v) is 9.91. The molecule has 2 atom stereocenters. The van der Waals surface area contributed by atoms with Gasteiger partial charge in [0.05, 0.1) is 0 Å². The molecule has 2 unspecified atom stereocenters. The van der Waals surface area contributed by atoms with Gasteiger partial charge in [-0.3, -0.25) is 4.79 Å². The van der Waals surface area contributed by atoms with Crippen molar-refractivity contribution in [2.24, 2.45) is 11.8 Å². The molecule has 0 saturated heterocycles. The van der Waals surface area contributed by atoms with Crippen LogP contribution in [-0.2, 0) is 11.2 Å². The Balaban J connectivity index is 1.70. The van der Waals surface area contributed by atoms with Gasteiger partial charge in [0.25, 0.3) is 0 Å². The molecular formula is C13H16ClNO. The van der Waals surface area contributed by atoms with E-state index < -0.39 is 0 Å². The zero-order chi connectivity index (χ0) is 11.4. The van der Waals surface area contributed by atoms with Crippen LogP contribution in [-0.4, -0.2) is 18.3 Å². The standard InChI is InChI=1S/C13H16ClNO/c14-8-13(16)15-9-12-7-11(12)6-10-4-2-1-3-5-10/h1-5,11-12H,6-9H2,(H,15,16). The van der Waals surface area contributed by atoms with Crippen molar-refractivity contribution in [2.75, 3.05) is 12.4 Å². The van der Waals surface area contributed by atoms with Crippen LogP contribution in [0.1, 0.15) is 12.0 Å². The topological polar surface area (TPSA) is 29.1 Å². The first-order valence-corrected chi connectivity index (χ1v) is 6.19. The van der Waals surface area contributed by atoms with Crippen molar-refractivity contribution >= 4 is 17.5 Å². The summed E-state index contributed by atoms with van der Waals surface area (Å²) >= 11 is 5.41. The number of rotatable bonds is 5. The third kappa shape index (κ3) is 3.24. The Bertz CT molecular complexity index is 352. The van der Waals surface area contributed by atoms with Crippen LogP contribution >= 0.6 is 11.6 Å². The van der Waals surface area contributed by atoms with E-state index in [1.165, 1.54) is 12.0 Å². The van der Waals surface area contributed by atoms with Gasteiger partial charge in [0.2, 0.25) is 5.91 Å². The Labute approximate surface area is 101 Å². The molecule has 0 radical (unpaired) electrons. The lowest BCUT2D eigenvalue weighted by Gasteiger charge is -2.02. The van der Waals surface area contributed by atoms with Crippen LogP contribution in [0.15, 0.2) is 30.3 Å². The van der Waals surface area contributed by atoms with E-state index in [1.54, 1.807) is 0 Å². The molecule has 0 heterocycles. The predicted molar refractivity (Wildman–Crippen MR) is 65.5 cm³/mol. The molecule has 1 saturated carbocycles. The summed E-state index contributed by atoms with van der Waals surface area (Å²) in [6.45, 7) is 0.781.